The summed E-state index contributed by atoms with van der Waals surface area (Å²) in [6.45, 7) is 0. The Hall–Kier alpha value is -3.24. The molecule has 6 nitrogen and oxygen atoms in total. The van der Waals surface area contributed by atoms with Crippen LogP contribution in [0.25, 0.3) is 0 Å². The first-order valence-electron chi connectivity index (χ1n) is 8.25. The molecule has 1 fully saturated rings. The Balaban J connectivity index is 1.89. The Morgan fingerprint density at radius 1 is 1.15 bits per heavy atom. The highest BCUT2D eigenvalue weighted by Gasteiger charge is 2.33. The van der Waals surface area contributed by atoms with Gasteiger partial charge in [-0.15, -0.1) is 0 Å². The second kappa shape index (κ2) is 7.98. The number of nitrogens with one attached hydrogen (secondary N) is 1. The molecule has 0 atom stereocenters. The van der Waals surface area contributed by atoms with Crippen LogP contribution in [-0.2, 0) is 9.59 Å². The van der Waals surface area contributed by atoms with Gasteiger partial charge >= 0.3 is 0 Å². The molecule has 0 spiro atoms. The average Bonchev–Trinajstić information content (AvgIpc) is 3.04. The van der Waals surface area contributed by atoms with Gasteiger partial charge in [0.1, 0.15) is 16.7 Å². The summed E-state index contributed by atoms with van der Waals surface area (Å²) < 4.78 is 0. The topological polar surface area (TPSA) is 76.4 Å². The van der Waals surface area contributed by atoms with Gasteiger partial charge in [-0.05, 0) is 36.4 Å². The van der Waals surface area contributed by atoms with E-state index in [1.54, 1.807) is 24.3 Å². The van der Waals surface area contributed by atoms with Gasteiger partial charge in [0.2, 0.25) is 5.91 Å². The molecule has 1 heterocycles. The number of benzene rings is 2. The fourth-order valence-corrected chi connectivity index (χ4v) is 3.64. The van der Waals surface area contributed by atoms with Gasteiger partial charge in [-0.3, -0.25) is 14.5 Å². The number of thioether (sulfide) groups is 1. The normalized spacial score (nSPS) is 15.3. The van der Waals surface area contributed by atoms with Crippen LogP contribution in [0.1, 0.15) is 0 Å². The maximum absolute atomic E-state index is 12.7. The standard InChI is InChI=1S/C20H18N4O2S/c1-23(2)15-10-8-14(9-11-15)22-19(26)17(12-21)20-24(18(25)13-27-20)16-6-4-3-5-7-16/h3-11H,13H2,1-2H3,(H,22,26). The van der Waals surface area contributed by atoms with Gasteiger partial charge in [0.25, 0.3) is 5.91 Å². The third-order valence-corrected chi connectivity index (χ3v) is 5.04. The molecule has 1 saturated heterocycles. The highest BCUT2D eigenvalue weighted by molar-refractivity contribution is 8.04. The number of nitriles is 1. The van der Waals surface area contributed by atoms with E-state index in [-0.39, 0.29) is 17.2 Å². The van der Waals surface area contributed by atoms with Crippen LogP contribution >= 0.6 is 11.8 Å². The molecule has 0 aromatic heterocycles. The predicted molar refractivity (Wildman–Crippen MR) is 108 cm³/mol. The first-order chi connectivity index (χ1) is 13.0. The molecule has 2 aromatic carbocycles. The summed E-state index contributed by atoms with van der Waals surface area (Å²) in [5, 5.41) is 12.7. The molecule has 27 heavy (non-hydrogen) atoms. The Kier molecular flexibility index (Phi) is 5.48. The monoisotopic (exact) mass is 378 g/mol. The summed E-state index contributed by atoms with van der Waals surface area (Å²) in [6, 6.07) is 18.3. The Morgan fingerprint density at radius 2 is 1.81 bits per heavy atom. The molecule has 136 valence electrons. The van der Waals surface area contributed by atoms with Gasteiger partial charge < -0.3 is 10.2 Å². The third kappa shape index (κ3) is 3.96. The molecule has 0 unspecified atom stereocenters. The van der Waals surface area contributed by atoms with E-state index < -0.39 is 5.91 Å². The van der Waals surface area contributed by atoms with Gasteiger partial charge in [-0.2, -0.15) is 5.26 Å². The number of carbonyl (C=O) groups excluding carboxylic acids is 2. The van der Waals surface area contributed by atoms with E-state index >= 15 is 0 Å². The number of anilines is 3. The van der Waals surface area contributed by atoms with E-state index in [0.29, 0.717) is 16.4 Å². The van der Waals surface area contributed by atoms with Crippen molar-refractivity contribution in [3.05, 3.63) is 65.2 Å². The van der Waals surface area contributed by atoms with Crippen LogP contribution in [0.5, 0.6) is 0 Å². The Labute approximate surface area is 162 Å². The molecule has 0 bridgehead atoms. The molecule has 0 saturated carbocycles. The highest BCUT2D eigenvalue weighted by Crippen LogP contribution is 2.36. The number of rotatable bonds is 4. The van der Waals surface area contributed by atoms with Crippen LogP contribution in [0, 0.1) is 11.3 Å². The van der Waals surface area contributed by atoms with E-state index in [2.05, 4.69) is 5.32 Å². The van der Waals surface area contributed by atoms with Crippen molar-refractivity contribution in [2.45, 2.75) is 0 Å². The molecule has 3 rings (SSSR count). The first-order valence-corrected chi connectivity index (χ1v) is 9.23. The van der Waals surface area contributed by atoms with Gasteiger partial charge in [-0.25, -0.2) is 0 Å². The molecular weight excluding hydrogens is 360 g/mol. The summed E-state index contributed by atoms with van der Waals surface area (Å²) >= 11 is 1.20. The number of hydrogen-bond donors (Lipinski definition) is 1. The Bertz CT molecular complexity index is 931. The van der Waals surface area contributed by atoms with Crippen LogP contribution < -0.4 is 15.1 Å². The number of hydrogen-bond acceptors (Lipinski definition) is 5. The third-order valence-electron chi connectivity index (χ3n) is 3.99. The molecule has 7 heteroatoms. The van der Waals surface area contributed by atoms with Crippen molar-refractivity contribution in [1.29, 1.82) is 5.26 Å². The molecule has 2 amide bonds. The molecule has 2 aromatic rings. The van der Waals surface area contributed by atoms with Crippen LogP contribution in [-0.4, -0.2) is 31.7 Å². The van der Waals surface area contributed by atoms with Gasteiger partial charge in [0.05, 0.1) is 5.75 Å². The summed E-state index contributed by atoms with van der Waals surface area (Å²) in [5.74, 6) is -0.495. The molecule has 1 N–H and O–H groups in total. The maximum Gasteiger partial charge on any atom is 0.269 e. The van der Waals surface area contributed by atoms with Crippen molar-refractivity contribution in [3.8, 4) is 6.07 Å². The fourth-order valence-electron chi connectivity index (χ4n) is 2.63. The second-order valence-corrected chi connectivity index (χ2v) is 7.00. The lowest BCUT2D eigenvalue weighted by atomic mass is 10.2. The summed E-state index contributed by atoms with van der Waals surface area (Å²) in [6.07, 6.45) is 0. The average molecular weight is 378 g/mol. The highest BCUT2D eigenvalue weighted by atomic mass is 32.2. The van der Waals surface area contributed by atoms with E-state index in [0.717, 1.165) is 5.69 Å². The zero-order valence-corrected chi connectivity index (χ0v) is 15.8. The lowest BCUT2D eigenvalue weighted by Crippen LogP contribution is -2.26. The minimum atomic E-state index is -0.534. The minimum absolute atomic E-state index is 0.0774. The minimum Gasteiger partial charge on any atom is -0.378 e. The fraction of sp³-hybridized carbons (Fsp3) is 0.150. The van der Waals surface area contributed by atoms with Crippen molar-refractivity contribution in [2.75, 3.05) is 35.0 Å². The van der Waals surface area contributed by atoms with Gasteiger partial charge in [-0.1, -0.05) is 30.0 Å². The van der Waals surface area contributed by atoms with E-state index in [1.807, 2.05) is 55.4 Å². The molecule has 0 radical (unpaired) electrons. The van der Waals surface area contributed by atoms with Crippen LogP contribution in [0.4, 0.5) is 17.1 Å². The smallest absolute Gasteiger partial charge is 0.269 e. The number of amides is 2. The van der Waals surface area contributed by atoms with E-state index in [4.69, 9.17) is 0 Å². The number of nitrogens with zero attached hydrogens (tertiary/aromatic N) is 3. The zero-order valence-electron chi connectivity index (χ0n) is 15.0. The Morgan fingerprint density at radius 3 is 2.41 bits per heavy atom. The van der Waals surface area contributed by atoms with Gasteiger partial charge in [0, 0.05) is 31.2 Å². The molecule has 1 aliphatic rings. The van der Waals surface area contributed by atoms with Crippen LogP contribution in [0.15, 0.2) is 65.2 Å². The SMILES string of the molecule is CN(C)c1ccc(NC(=O)C(C#N)=C2SCC(=O)N2c2ccccc2)cc1. The number of para-hydroxylation sites is 1. The second-order valence-electron chi connectivity index (χ2n) is 6.04. The summed E-state index contributed by atoms with van der Waals surface area (Å²) in [4.78, 5) is 28.4. The molecule has 0 aliphatic carbocycles. The quantitative estimate of drug-likeness (QED) is 0.653. The van der Waals surface area contributed by atoms with Gasteiger partial charge in [0.15, 0.2) is 0 Å². The number of carbonyl (C=O) groups is 2. The van der Waals surface area contributed by atoms with Crippen molar-refractivity contribution >= 4 is 40.6 Å². The van der Waals surface area contributed by atoms with Crippen molar-refractivity contribution < 1.29 is 9.59 Å². The maximum atomic E-state index is 12.7. The van der Waals surface area contributed by atoms with E-state index in [1.165, 1.54) is 16.7 Å². The van der Waals surface area contributed by atoms with Crippen molar-refractivity contribution in [1.82, 2.24) is 0 Å². The molecular formula is C20H18N4O2S. The predicted octanol–water partition coefficient (Wildman–Crippen LogP) is 3.21. The van der Waals surface area contributed by atoms with Crippen molar-refractivity contribution in [3.63, 3.8) is 0 Å². The van der Waals surface area contributed by atoms with Crippen molar-refractivity contribution in [2.24, 2.45) is 0 Å². The summed E-state index contributed by atoms with van der Waals surface area (Å²) in [7, 11) is 3.86. The van der Waals surface area contributed by atoms with Crippen LogP contribution in [0.3, 0.4) is 0 Å². The zero-order chi connectivity index (χ0) is 19.4. The summed E-state index contributed by atoms with van der Waals surface area (Å²) in [5.41, 5.74) is 2.14. The lowest BCUT2D eigenvalue weighted by molar-refractivity contribution is -0.115. The van der Waals surface area contributed by atoms with E-state index in [9.17, 15) is 14.9 Å². The first kappa shape index (κ1) is 18.5. The lowest BCUT2D eigenvalue weighted by Gasteiger charge is -2.18. The molecule has 1 aliphatic heterocycles. The van der Waals surface area contributed by atoms with Crippen LogP contribution in [0.2, 0.25) is 0 Å². The largest absolute Gasteiger partial charge is 0.378 e.